The van der Waals surface area contributed by atoms with E-state index in [1.807, 2.05) is 0 Å². The third-order valence-electron chi connectivity index (χ3n) is 3.64. The lowest BCUT2D eigenvalue weighted by Crippen LogP contribution is -2.21. The number of nitrogens with one attached hydrogen (secondary N) is 1. The van der Waals surface area contributed by atoms with Crippen molar-refractivity contribution in [3.05, 3.63) is 6.33 Å². The third-order valence-corrected chi connectivity index (χ3v) is 3.64. The molecular weight excluding hydrogens is 228 g/mol. The zero-order chi connectivity index (χ0) is 13.0. The highest BCUT2D eigenvalue weighted by Crippen LogP contribution is 2.30. The number of aromatic nitrogens is 2. The van der Waals surface area contributed by atoms with Crippen molar-refractivity contribution in [2.24, 2.45) is 11.8 Å². The van der Waals surface area contributed by atoms with Gasteiger partial charge in [-0.05, 0) is 24.7 Å². The Hall–Kier alpha value is -1.52. The fourth-order valence-corrected chi connectivity index (χ4v) is 2.70. The van der Waals surface area contributed by atoms with Crippen molar-refractivity contribution in [3.8, 4) is 5.75 Å². The van der Waals surface area contributed by atoms with E-state index in [4.69, 9.17) is 10.5 Å². The predicted octanol–water partition coefficient (Wildman–Crippen LogP) is 2.31. The molecule has 5 nitrogen and oxygen atoms in total. The molecule has 2 atom stereocenters. The van der Waals surface area contributed by atoms with Gasteiger partial charge in [0.05, 0.1) is 7.11 Å². The maximum Gasteiger partial charge on any atom is 0.203 e. The summed E-state index contributed by atoms with van der Waals surface area (Å²) in [5, 5.41) is 3.34. The van der Waals surface area contributed by atoms with Crippen molar-refractivity contribution in [2.45, 2.75) is 32.6 Å². The van der Waals surface area contributed by atoms with Crippen LogP contribution < -0.4 is 15.8 Å². The number of nitrogens with two attached hydrogens (primary N) is 1. The first-order valence-corrected chi connectivity index (χ1v) is 6.59. The summed E-state index contributed by atoms with van der Waals surface area (Å²) in [6.07, 6.45) is 6.73. The Morgan fingerprint density at radius 2 is 2.28 bits per heavy atom. The summed E-state index contributed by atoms with van der Waals surface area (Å²) in [5.74, 6) is 3.18. The number of ether oxygens (including phenoxy) is 1. The van der Waals surface area contributed by atoms with Crippen LogP contribution in [-0.4, -0.2) is 23.6 Å². The molecule has 0 aromatic carbocycles. The van der Waals surface area contributed by atoms with E-state index in [9.17, 15) is 0 Å². The molecule has 0 spiro atoms. The smallest absolute Gasteiger partial charge is 0.203 e. The van der Waals surface area contributed by atoms with Gasteiger partial charge in [-0.15, -0.1) is 0 Å². The number of rotatable bonds is 4. The molecule has 2 rings (SSSR count). The second kappa shape index (κ2) is 5.89. The van der Waals surface area contributed by atoms with Gasteiger partial charge in [0, 0.05) is 6.54 Å². The SMILES string of the molecule is COc1c(N)ncnc1NCC1CCCC(C)C1. The number of hydrogen-bond acceptors (Lipinski definition) is 5. The molecule has 1 saturated carbocycles. The second-order valence-electron chi connectivity index (χ2n) is 5.16. The van der Waals surface area contributed by atoms with Crippen LogP contribution in [0.4, 0.5) is 11.6 Å². The lowest BCUT2D eigenvalue weighted by Gasteiger charge is -2.27. The van der Waals surface area contributed by atoms with Gasteiger partial charge in [0.2, 0.25) is 5.75 Å². The minimum Gasteiger partial charge on any atom is -0.490 e. The largest absolute Gasteiger partial charge is 0.490 e. The van der Waals surface area contributed by atoms with Crippen LogP contribution in [0.3, 0.4) is 0 Å². The van der Waals surface area contributed by atoms with Crippen LogP contribution in [0, 0.1) is 11.8 Å². The minimum absolute atomic E-state index is 0.381. The molecule has 2 unspecified atom stereocenters. The van der Waals surface area contributed by atoms with Crippen LogP contribution >= 0.6 is 0 Å². The van der Waals surface area contributed by atoms with Crippen LogP contribution in [0.15, 0.2) is 6.33 Å². The summed E-state index contributed by atoms with van der Waals surface area (Å²) in [7, 11) is 1.59. The van der Waals surface area contributed by atoms with Crippen molar-refractivity contribution in [1.29, 1.82) is 0 Å². The average molecular weight is 250 g/mol. The molecule has 100 valence electrons. The first-order valence-electron chi connectivity index (χ1n) is 6.59. The summed E-state index contributed by atoms with van der Waals surface area (Å²) in [5.41, 5.74) is 5.75. The van der Waals surface area contributed by atoms with Crippen molar-refractivity contribution in [3.63, 3.8) is 0 Å². The molecule has 0 amide bonds. The highest BCUT2D eigenvalue weighted by atomic mass is 16.5. The fourth-order valence-electron chi connectivity index (χ4n) is 2.70. The Morgan fingerprint density at radius 3 is 3.00 bits per heavy atom. The fraction of sp³-hybridized carbons (Fsp3) is 0.692. The zero-order valence-corrected chi connectivity index (χ0v) is 11.1. The second-order valence-corrected chi connectivity index (χ2v) is 5.16. The Kier molecular flexibility index (Phi) is 4.23. The molecule has 1 fully saturated rings. The van der Waals surface area contributed by atoms with Gasteiger partial charge in [0.25, 0.3) is 0 Å². The topological polar surface area (TPSA) is 73.1 Å². The number of anilines is 2. The highest BCUT2D eigenvalue weighted by Gasteiger charge is 2.19. The average Bonchev–Trinajstić information content (AvgIpc) is 2.36. The number of hydrogen-bond donors (Lipinski definition) is 2. The van der Waals surface area contributed by atoms with E-state index in [2.05, 4.69) is 22.2 Å². The maximum absolute atomic E-state index is 5.75. The van der Waals surface area contributed by atoms with Gasteiger partial charge >= 0.3 is 0 Å². The van der Waals surface area contributed by atoms with Crippen LogP contribution in [0.5, 0.6) is 5.75 Å². The van der Waals surface area contributed by atoms with Crippen molar-refractivity contribution in [1.82, 2.24) is 9.97 Å². The van der Waals surface area contributed by atoms with E-state index in [0.29, 0.717) is 17.4 Å². The Balaban J connectivity index is 1.95. The predicted molar refractivity (Wildman–Crippen MR) is 72.6 cm³/mol. The number of nitrogens with zero attached hydrogens (tertiary/aromatic N) is 2. The summed E-state index contributed by atoms with van der Waals surface area (Å²) in [4.78, 5) is 8.11. The number of methoxy groups -OCH3 is 1. The molecule has 1 aromatic rings. The summed E-state index contributed by atoms with van der Waals surface area (Å²) in [6.45, 7) is 3.26. The van der Waals surface area contributed by atoms with E-state index in [1.54, 1.807) is 7.11 Å². The molecule has 1 aromatic heterocycles. The highest BCUT2D eigenvalue weighted by molar-refractivity contribution is 5.61. The Bertz CT molecular complexity index is 397. The number of nitrogen functional groups attached to an aromatic ring is 1. The van der Waals surface area contributed by atoms with E-state index in [-0.39, 0.29) is 0 Å². The van der Waals surface area contributed by atoms with Crippen LogP contribution in [-0.2, 0) is 0 Å². The van der Waals surface area contributed by atoms with Gasteiger partial charge in [0.1, 0.15) is 6.33 Å². The molecule has 0 bridgehead atoms. The molecule has 0 aliphatic heterocycles. The van der Waals surface area contributed by atoms with E-state index in [0.717, 1.165) is 18.4 Å². The molecule has 0 radical (unpaired) electrons. The Labute approximate surface area is 108 Å². The summed E-state index contributed by atoms with van der Waals surface area (Å²) in [6, 6.07) is 0. The van der Waals surface area contributed by atoms with Gasteiger partial charge in [-0.25, -0.2) is 9.97 Å². The molecule has 1 aliphatic carbocycles. The monoisotopic (exact) mass is 250 g/mol. The molecule has 18 heavy (non-hydrogen) atoms. The van der Waals surface area contributed by atoms with Gasteiger partial charge in [0.15, 0.2) is 11.6 Å². The van der Waals surface area contributed by atoms with Gasteiger partial charge in [-0.2, -0.15) is 0 Å². The Morgan fingerprint density at radius 1 is 1.44 bits per heavy atom. The first-order chi connectivity index (χ1) is 8.70. The van der Waals surface area contributed by atoms with Gasteiger partial charge in [-0.1, -0.05) is 19.8 Å². The zero-order valence-electron chi connectivity index (χ0n) is 11.1. The van der Waals surface area contributed by atoms with E-state index in [1.165, 1.54) is 32.0 Å². The quantitative estimate of drug-likeness (QED) is 0.857. The minimum atomic E-state index is 0.381. The standard InChI is InChI=1S/C13H22N4O/c1-9-4-3-5-10(6-9)7-15-13-11(18-2)12(14)16-8-17-13/h8-10H,3-7H2,1-2H3,(H3,14,15,16,17). The molecule has 5 heteroatoms. The van der Waals surface area contributed by atoms with Crippen LogP contribution in [0.2, 0.25) is 0 Å². The lowest BCUT2D eigenvalue weighted by atomic mass is 9.82. The summed E-state index contributed by atoms with van der Waals surface area (Å²) < 4.78 is 5.22. The van der Waals surface area contributed by atoms with E-state index >= 15 is 0 Å². The molecular formula is C13H22N4O. The maximum atomic E-state index is 5.75. The van der Waals surface area contributed by atoms with Gasteiger partial charge < -0.3 is 15.8 Å². The third kappa shape index (κ3) is 3.03. The molecule has 1 aliphatic rings. The van der Waals surface area contributed by atoms with E-state index < -0.39 is 0 Å². The summed E-state index contributed by atoms with van der Waals surface area (Å²) >= 11 is 0. The first kappa shape index (κ1) is 12.9. The van der Waals surface area contributed by atoms with Crippen LogP contribution in [0.1, 0.15) is 32.6 Å². The van der Waals surface area contributed by atoms with Crippen molar-refractivity contribution < 1.29 is 4.74 Å². The molecule has 0 saturated heterocycles. The van der Waals surface area contributed by atoms with Crippen molar-refractivity contribution in [2.75, 3.05) is 24.7 Å². The van der Waals surface area contributed by atoms with Crippen LogP contribution in [0.25, 0.3) is 0 Å². The lowest BCUT2D eigenvalue weighted by molar-refractivity contribution is 0.293. The van der Waals surface area contributed by atoms with Crippen molar-refractivity contribution >= 4 is 11.6 Å². The molecule has 1 heterocycles. The normalized spacial score (nSPS) is 23.7. The molecule has 3 N–H and O–H groups in total. The van der Waals surface area contributed by atoms with Gasteiger partial charge in [-0.3, -0.25) is 0 Å².